The molecule has 0 bridgehead atoms. The number of nitrogens with zero attached hydrogens (tertiary/aromatic N) is 1. The van der Waals surface area contributed by atoms with Crippen LogP contribution in [0.5, 0.6) is 0 Å². The second-order valence-electron chi connectivity index (χ2n) is 3.14. The van der Waals surface area contributed by atoms with Gasteiger partial charge in [-0.1, -0.05) is 0 Å². The van der Waals surface area contributed by atoms with Crippen molar-refractivity contribution in [2.75, 3.05) is 0 Å². The molecule has 0 radical (unpaired) electrons. The lowest BCUT2D eigenvalue weighted by Gasteiger charge is -2.30. The van der Waals surface area contributed by atoms with E-state index in [1.807, 2.05) is 0 Å². The molecule has 0 aliphatic heterocycles. The van der Waals surface area contributed by atoms with Gasteiger partial charge in [-0.2, -0.15) is 5.26 Å². The molecule has 0 unspecified atom stereocenters. The van der Waals surface area contributed by atoms with Crippen LogP contribution in [-0.2, 0) is 0 Å². The number of hydrogen-bond donors (Lipinski definition) is 2. The van der Waals surface area contributed by atoms with Crippen LogP contribution in [0.15, 0.2) is 0 Å². The third-order valence-electron chi connectivity index (χ3n) is 2.10. The van der Waals surface area contributed by atoms with Gasteiger partial charge in [0.1, 0.15) is 0 Å². The minimum atomic E-state index is -0.493. The Hall–Kier alpha value is -0.590. The van der Waals surface area contributed by atoms with Gasteiger partial charge < -0.3 is 11.5 Å². The van der Waals surface area contributed by atoms with Gasteiger partial charge in [-0.3, -0.25) is 0 Å². The summed E-state index contributed by atoms with van der Waals surface area (Å²) in [4.78, 5) is 0. The quantitative estimate of drug-likeness (QED) is 0.474. The highest BCUT2D eigenvalue weighted by Crippen LogP contribution is 2.26. The molecule has 10 heavy (non-hydrogen) atoms. The van der Waals surface area contributed by atoms with Gasteiger partial charge in [0.2, 0.25) is 0 Å². The molecule has 0 aromatic rings. The summed E-state index contributed by atoms with van der Waals surface area (Å²) in [6, 6.07) is 2.23. The van der Waals surface area contributed by atoms with Crippen molar-refractivity contribution >= 4 is 0 Å². The smallest absolute Gasteiger partial charge is 0.0655 e. The van der Waals surface area contributed by atoms with Crippen LogP contribution in [0.25, 0.3) is 0 Å². The lowest BCUT2D eigenvalue weighted by atomic mass is 9.84. The Bertz CT molecular complexity index is 147. The van der Waals surface area contributed by atoms with Crippen molar-refractivity contribution in [2.45, 2.75) is 31.3 Å². The van der Waals surface area contributed by atoms with Crippen molar-refractivity contribution in [3.63, 3.8) is 0 Å². The maximum Gasteiger partial charge on any atom is 0.0655 e. The third-order valence-corrected chi connectivity index (χ3v) is 2.10. The van der Waals surface area contributed by atoms with Gasteiger partial charge >= 0.3 is 0 Å². The highest BCUT2D eigenvalue weighted by molar-refractivity contribution is 4.92. The minimum Gasteiger partial charge on any atom is -0.313 e. The first-order valence-corrected chi connectivity index (χ1v) is 3.61. The van der Waals surface area contributed by atoms with Crippen LogP contribution in [0, 0.1) is 17.2 Å². The van der Waals surface area contributed by atoms with Crippen molar-refractivity contribution in [3.05, 3.63) is 0 Å². The zero-order chi connectivity index (χ0) is 7.61. The highest BCUT2D eigenvalue weighted by Gasteiger charge is 2.27. The van der Waals surface area contributed by atoms with E-state index in [0.29, 0.717) is 0 Å². The summed E-state index contributed by atoms with van der Waals surface area (Å²) in [6.45, 7) is 0. The minimum absolute atomic E-state index is 0.195. The Morgan fingerprint density at radius 3 is 2.20 bits per heavy atom. The summed E-state index contributed by atoms with van der Waals surface area (Å²) in [5.74, 6) is 0.195. The van der Waals surface area contributed by atoms with Gasteiger partial charge in [-0.15, -0.1) is 0 Å². The van der Waals surface area contributed by atoms with Crippen LogP contribution in [0.1, 0.15) is 25.7 Å². The molecule has 56 valence electrons. The van der Waals surface area contributed by atoms with Crippen LogP contribution in [0.3, 0.4) is 0 Å². The van der Waals surface area contributed by atoms with Crippen molar-refractivity contribution in [2.24, 2.45) is 17.4 Å². The Labute approximate surface area is 61.0 Å². The van der Waals surface area contributed by atoms with E-state index in [1.54, 1.807) is 0 Å². The predicted molar refractivity (Wildman–Crippen MR) is 38.7 cm³/mol. The maximum absolute atomic E-state index is 8.53. The summed E-state index contributed by atoms with van der Waals surface area (Å²) in [7, 11) is 0. The molecule has 0 spiro atoms. The van der Waals surface area contributed by atoms with Crippen molar-refractivity contribution < 1.29 is 0 Å². The molecule has 0 heterocycles. The normalized spacial score (nSPS) is 25.7. The Kier molecular flexibility index (Phi) is 1.93. The van der Waals surface area contributed by atoms with Gasteiger partial charge in [0.25, 0.3) is 0 Å². The SMILES string of the molecule is N#CC1CCC(N)(N)CC1. The van der Waals surface area contributed by atoms with Crippen LogP contribution in [0.2, 0.25) is 0 Å². The molecule has 3 heteroatoms. The number of nitriles is 1. The second kappa shape index (κ2) is 2.57. The largest absolute Gasteiger partial charge is 0.313 e. The number of nitrogens with two attached hydrogens (primary N) is 2. The lowest BCUT2D eigenvalue weighted by molar-refractivity contribution is 0.271. The molecular formula is C7H13N3. The zero-order valence-corrected chi connectivity index (χ0v) is 6.01. The first-order valence-electron chi connectivity index (χ1n) is 3.61. The van der Waals surface area contributed by atoms with Crippen LogP contribution in [-0.4, -0.2) is 5.66 Å². The summed E-state index contributed by atoms with van der Waals surface area (Å²) >= 11 is 0. The lowest BCUT2D eigenvalue weighted by Crippen LogP contribution is -2.51. The topological polar surface area (TPSA) is 75.8 Å². The van der Waals surface area contributed by atoms with E-state index in [-0.39, 0.29) is 5.92 Å². The zero-order valence-electron chi connectivity index (χ0n) is 6.01. The molecule has 0 amide bonds. The first-order chi connectivity index (χ1) is 4.64. The average molecular weight is 139 g/mol. The van der Waals surface area contributed by atoms with E-state index >= 15 is 0 Å². The molecule has 1 aliphatic carbocycles. The summed E-state index contributed by atoms with van der Waals surface area (Å²) in [6.07, 6.45) is 3.30. The van der Waals surface area contributed by atoms with E-state index in [2.05, 4.69) is 6.07 Å². The van der Waals surface area contributed by atoms with Crippen LogP contribution < -0.4 is 11.5 Å². The molecule has 1 aliphatic rings. The second-order valence-corrected chi connectivity index (χ2v) is 3.14. The van der Waals surface area contributed by atoms with Crippen LogP contribution >= 0.6 is 0 Å². The molecule has 0 aromatic carbocycles. The van der Waals surface area contributed by atoms with Crippen molar-refractivity contribution in [3.8, 4) is 6.07 Å². The number of rotatable bonds is 0. The molecule has 0 saturated heterocycles. The summed E-state index contributed by atoms with van der Waals surface area (Å²) in [5.41, 5.74) is 10.8. The van der Waals surface area contributed by atoms with Gasteiger partial charge in [0, 0.05) is 5.92 Å². The molecule has 1 saturated carbocycles. The molecule has 0 aromatic heterocycles. The first kappa shape index (κ1) is 7.52. The average Bonchev–Trinajstić information content (AvgIpc) is 1.88. The molecule has 4 N–H and O–H groups in total. The summed E-state index contributed by atoms with van der Waals surface area (Å²) < 4.78 is 0. The van der Waals surface area contributed by atoms with E-state index in [4.69, 9.17) is 16.7 Å². The number of hydrogen-bond acceptors (Lipinski definition) is 3. The predicted octanol–water partition coefficient (Wildman–Crippen LogP) is 0.314. The third kappa shape index (κ3) is 1.69. The van der Waals surface area contributed by atoms with E-state index in [9.17, 15) is 0 Å². The fourth-order valence-electron chi connectivity index (χ4n) is 1.28. The van der Waals surface area contributed by atoms with Gasteiger partial charge in [0.15, 0.2) is 0 Å². The van der Waals surface area contributed by atoms with E-state index < -0.39 is 5.66 Å². The van der Waals surface area contributed by atoms with Gasteiger partial charge in [-0.25, -0.2) is 0 Å². The molecule has 1 rings (SSSR count). The monoisotopic (exact) mass is 139 g/mol. The van der Waals surface area contributed by atoms with Crippen LogP contribution in [0.4, 0.5) is 0 Å². The fourth-order valence-corrected chi connectivity index (χ4v) is 1.28. The van der Waals surface area contributed by atoms with E-state index in [0.717, 1.165) is 25.7 Å². The Morgan fingerprint density at radius 2 is 1.80 bits per heavy atom. The molecule has 3 nitrogen and oxygen atoms in total. The van der Waals surface area contributed by atoms with Crippen molar-refractivity contribution in [1.29, 1.82) is 5.26 Å². The molecule has 1 fully saturated rings. The standard InChI is InChI=1S/C7H13N3/c8-5-6-1-3-7(9,10)4-2-6/h6H,1-4,9-10H2. The maximum atomic E-state index is 8.53. The van der Waals surface area contributed by atoms with Gasteiger partial charge in [0.05, 0.1) is 11.7 Å². The molecule has 0 atom stereocenters. The molecular weight excluding hydrogens is 126 g/mol. The fraction of sp³-hybridized carbons (Fsp3) is 0.857. The van der Waals surface area contributed by atoms with Crippen molar-refractivity contribution in [1.82, 2.24) is 0 Å². The van der Waals surface area contributed by atoms with Gasteiger partial charge in [-0.05, 0) is 25.7 Å². The van der Waals surface area contributed by atoms with E-state index in [1.165, 1.54) is 0 Å². The summed E-state index contributed by atoms with van der Waals surface area (Å²) in [5, 5.41) is 8.53. The highest BCUT2D eigenvalue weighted by atomic mass is 15.0. The Balaban J connectivity index is 2.40. The Morgan fingerprint density at radius 1 is 1.30 bits per heavy atom.